The molecule has 0 bridgehead atoms. The van der Waals surface area contributed by atoms with Crippen molar-refractivity contribution in [3.05, 3.63) is 58.7 Å². The van der Waals surface area contributed by atoms with E-state index in [9.17, 15) is 19.8 Å². The van der Waals surface area contributed by atoms with Crippen molar-refractivity contribution >= 4 is 11.9 Å². The molecule has 3 rings (SSSR count). The minimum Gasteiger partial charge on any atom is -0.550 e. The Bertz CT molecular complexity index is 1070. The van der Waals surface area contributed by atoms with Crippen LogP contribution in [0.15, 0.2) is 36.4 Å². The summed E-state index contributed by atoms with van der Waals surface area (Å²) in [4.78, 5) is 21.9. The standard InChI is InChI=1S/C33H46O6/c1-7-31(3,4)23-9-11-25-26-12-10-24(32(5,6)8-2)22-28(26)33(27(25)21-23,15-19-38-17-13-29(34)35)16-20-39-18-14-30(36)37/h9-12,21-22H,7-8,13-20H2,1-6H3,(H,34,35)(H,36,37)/p-2. The van der Waals surface area contributed by atoms with E-state index in [1.807, 2.05) is 0 Å². The van der Waals surface area contributed by atoms with E-state index in [1.54, 1.807) is 0 Å². The van der Waals surface area contributed by atoms with E-state index in [1.165, 1.54) is 33.4 Å². The van der Waals surface area contributed by atoms with E-state index < -0.39 is 17.4 Å². The zero-order valence-corrected chi connectivity index (χ0v) is 24.5. The molecule has 0 amide bonds. The molecule has 0 radical (unpaired) electrons. The number of rotatable bonds is 16. The Morgan fingerprint density at radius 2 is 1.08 bits per heavy atom. The Kier molecular flexibility index (Phi) is 10.0. The van der Waals surface area contributed by atoms with Crippen LogP contribution in [0.5, 0.6) is 0 Å². The molecule has 0 aliphatic heterocycles. The van der Waals surface area contributed by atoms with Gasteiger partial charge in [0.2, 0.25) is 0 Å². The highest BCUT2D eigenvalue weighted by Gasteiger charge is 2.44. The van der Waals surface area contributed by atoms with Crippen LogP contribution in [0, 0.1) is 0 Å². The summed E-state index contributed by atoms with van der Waals surface area (Å²) in [6.07, 6.45) is 3.01. The van der Waals surface area contributed by atoms with Gasteiger partial charge in [-0.3, -0.25) is 0 Å². The molecular formula is C33H44O6-2. The van der Waals surface area contributed by atoms with Gasteiger partial charge in [0.15, 0.2) is 0 Å². The van der Waals surface area contributed by atoms with Crippen molar-refractivity contribution in [3.8, 4) is 11.1 Å². The van der Waals surface area contributed by atoms with Crippen molar-refractivity contribution in [1.82, 2.24) is 0 Å². The Hall–Kier alpha value is -2.70. The van der Waals surface area contributed by atoms with Crippen LogP contribution in [-0.2, 0) is 35.3 Å². The first kappa shape index (κ1) is 30.8. The SMILES string of the molecule is CCC(C)(C)c1ccc2c(c1)C(CCOCCC(=O)[O-])(CCOCCC(=O)[O-])c1cc(C(C)(C)CC)ccc1-2. The number of hydrogen-bond acceptors (Lipinski definition) is 6. The second kappa shape index (κ2) is 12.6. The molecule has 6 heteroatoms. The minimum absolute atomic E-state index is 0.000875. The highest BCUT2D eigenvalue weighted by Crippen LogP contribution is 2.54. The number of aliphatic carboxylic acids is 2. The zero-order valence-electron chi connectivity index (χ0n) is 24.5. The summed E-state index contributed by atoms with van der Waals surface area (Å²) in [7, 11) is 0. The molecule has 6 nitrogen and oxygen atoms in total. The summed E-state index contributed by atoms with van der Waals surface area (Å²) in [5, 5.41) is 21.9. The summed E-state index contributed by atoms with van der Waals surface area (Å²) in [5.41, 5.74) is 6.98. The molecule has 2 aromatic carbocycles. The van der Waals surface area contributed by atoms with E-state index >= 15 is 0 Å². The molecule has 0 aromatic heterocycles. The second-order valence-corrected chi connectivity index (χ2v) is 12.0. The number of fused-ring (bicyclic) bond motifs is 3. The van der Waals surface area contributed by atoms with Crippen LogP contribution in [0.3, 0.4) is 0 Å². The van der Waals surface area contributed by atoms with Gasteiger partial charge in [-0.05, 0) is 69.9 Å². The maximum Gasteiger partial charge on any atom is 0.0518 e. The molecule has 1 aliphatic rings. The largest absolute Gasteiger partial charge is 0.550 e. The molecule has 0 heterocycles. The van der Waals surface area contributed by atoms with E-state index in [0.717, 1.165) is 12.8 Å². The van der Waals surface area contributed by atoms with Crippen LogP contribution in [-0.4, -0.2) is 38.4 Å². The molecule has 0 saturated carbocycles. The fourth-order valence-electron chi connectivity index (χ4n) is 5.42. The lowest BCUT2D eigenvalue weighted by Gasteiger charge is -2.35. The molecule has 0 spiro atoms. The van der Waals surface area contributed by atoms with Crippen LogP contribution in [0.25, 0.3) is 11.1 Å². The first-order valence-corrected chi connectivity index (χ1v) is 14.2. The number of benzene rings is 2. The molecule has 0 atom stereocenters. The summed E-state index contributed by atoms with van der Waals surface area (Å²) >= 11 is 0. The van der Waals surface area contributed by atoms with E-state index in [2.05, 4.69) is 77.9 Å². The Morgan fingerprint density at radius 1 is 0.692 bits per heavy atom. The average Bonchev–Trinajstić information content (AvgIpc) is 3.16. The predicted molar refractivity (Wildman–Crippen MR) is 149 cm³/mol. The van der Waals surface area contributed by atoms with E-state index in [0.29, 0.717) is 26.1 Å². The van der Waals surface area contributed by atoms with Crippen molar-refractivity contribution < 1.29 is 29.3 Å². The monoisotopic (exact) mass is 536 g/mol. The highest BCUT2D eigenvalue weighted by molar-refractivity contribution is 5.82. The number of carboxylic acids is 2. The number of hydrogen-bond donors (Lipinski definition) is 0. The van der Waals surface area contributed by atoms with Gasteiger partial charge in [-0.15, -0.1) is 0 Å². The van der Waals surface area contributed by atoms with Crippen molar-refractivity contribution in [2.45, 2.75) is 96.3 Å². The summed E-state index contributed by atoms with van der Waals surface area (Å²) in [6.45, 7) is 14.4. The fourth-order valence-corrected chi connectivity index (χ4v) is 5.42. The van der Waals surface area contributed by atoms with Gasteiger partial charge in [-0.1, -0.05) is 77.9 Å². The fraction of sp³-hybridized carbons (Fsp3) is 0.576. The second-order valence-electron chi connectivity index (χ2n) is 12.0. The van der Waals surface area contributed by atoms with Crippen LogP contribution in [0.4, 0.5) is 0 Å². The van der Waals surface area contributed by atoms with Crippen LogP contribution in [0.2, 0.25) is 0 Å². The molecule has 0 N–H and O–H groups in total. The summed E-state index contributed by atoms with van der Waals surface area (Å²) in [5.74, 6) is -2.25. The molecule has 0 fully saturated rings. The van der Waals surface area contributed by atoms with Crippen molar-refractivity contribution in [1.29, 1.82) is 0 Å². The Balaban J connectivity index is 2.12. The van der Waals surface area contributed by atoms with Gasteiger partial charge < -0.3 is 29.3 Å². The molecule has 2 aromatic rings. The first-order valence-electron chi connectivity index (χ1n) is 14.2. The molecule has 214 valence electrons. The van der Waals surface area contributed by atoms with Crippen LogP contribution < -0.4 is 10.2 Å². The third-order valence-electron chi connectivity index (χ3n) is 8.94. The highest BCUT2D eigenvalue weighted by atomic mass is 16.5. The van der Waals surface area contributed by atoms with Gasteiger partial charge in [-0.2, -0.15) is 0 Å². The van der Waals surface area contributed by atoms with E-state index in [-0.39, 0.29) is 36.9 Å². The maximum atomic E-state index is 10.9. The molecule has 1 aliphatic carbocycles. The quantitative estimate of drug-likeness (QED) is 0.295. The first-order chi connectivity index (χ1) is 18.4. The smallest absolute Gasteiger partial charge is 0.0518 e. The molecule has 0 unspecified atom stereocenters. The van der Waals surface area contributed by atoms with Crippen molar-refractivity contribution in [3.63, 3.8) is 0 Å². The van der Waals surface area contributed by atoms with Crippen LogP contribution >= 0.6 is 0 Å². The normalized spacial score (nSPS) is 14.2. The van der Waals surface area contributed by atoms with Crippen molar-refractivity contribution in [2.75, 3.05) is 26.4 Å². The lowest BCUT2D eigenvalue weighted by Crippen LogP contribution is -2.31. The third-order valence-corrected chi connectivity index (χ3v) is 8.94. The Morgan fingerprint density at radius 3 is 1.41 bits per heavy atom. The molecular weight excluding hydrogens is 492 g/mol. The lowest BCUT2D eigenvalue weighted by atomic mass is 9.70. The Labute approximate surface area is 233 Å². The molecule has 39 heavy (non-hydrogen) atoms. The number of ether oxygens (including phenoxy) is 2. The van der Waals surface area contributed by atoms with Crippen molar-refractivity contribution in [2.24, 2.45) is 0 Å². The topological polar surface area (TPSA) is 98.7 Å². The third kappa shape index (κ3) is 6.90. The predicted octanol–water partition coefficient (Wildman–Crippen LogP) is 4.42. The number of carbonyl (C=O) groups excluding carboxylic acids is 2. The van der Waals surface area contributed by atoms with Gasteiger partial charge in [0, 0.05) is 43.4 Å². The van der Waals surface area contributed by atoms with Crippen LogP contribution in [0.1, 0.15) is 102 Å². The van der Waals surface area contributed by atoms with Gasteiger partial charge in [0.05, 0.1) is 13.2 Å². The van der Waals surface area contributed by atoms with Gasteiger partial charge in [0.25, 0.3) is 0 Å². The minimum atomic E-state index is -1.12. The van der Waals surface area contributed by atoms with E-state index in [4.69, 9.17) is 9.47 Å². The number of carbonyl (C=O) groups is 2. The van der Waals surface area contributed by atoms with Gasteiger partial charge in [0.1, 0.15) is 0 Å². The zero-order chi connectivity index (χ0) is 28.8. The van der Waals surface area contributed by atoms with Gasteiger partial charge >= 0.3 is 0 Å². The lowest BCUT2D eigenvalue weighted by molar-refractivity contribution is -0.307. The molecule has 0 saturated heterocycles. The summed E-state index contributed by atoms with van der Waals surface area (Å²) in [6, 6.07) is 13.6. The average molecular weight is 537 g/mol. The summed E-state index contributed by atoms with van der Waals surface area (Å²) < 4.78 is 11.6. The maximum absolute atomic E-state index is 10.9. The number of carboxylic acid groups (broad SMARTS) is 2. The van der Waals surface area contributed by atoms with Gasteiger partial charge in [-0.25, -0.2) is 0 Å².